The number of carbonyl (C=O) groups is 1. The van der Waals surface area contributed by atoms with E-state index in [2.05, 4.69) is 26.6 Å². The average molecular weight is 343 g/mol. The third-order valence-electron chi connectivity index (χ3n) is 2.24. The minimum Gasteiger partial charge on any atom is -0.386 e. The molecule has 1 aromatic rings. The monoisotopic (exact) mass is 341 g/mol. The van der Waals surface area contributed by atoms with E-state index in [9.17, 15) is 4.79 Å². The second kappa shape index (κ2) is 8.57. The molecule has 4 nitrogen and oxygen atoms in total. The molecule has 0 spiro atoms. The summed E-state index contributed by atoms with van der Waals surface area (Å²) in [7, 11) is 0. The smallest absolute Gasteiger partial charge is 0.263 e. The maximum atomic E-state index is 11.5. The number of hydrogen-bond donors (Lipinski definition) is 2. The van der Waals surface area contributed by atoms with Crippen LogP contribution in [0, 0.1) is 11.3 Å². The summed E-state index contributed by atoms with van der Waals surface area (Å²) in [6.45, 7) is 0.860. The van der Waals surface area contributed by atoms with Crippen molar-refractivity contribution in [2.24, 2.45) is 0 Å². The summed E-state index contributed by atoms with van der Waals surface area (Å²) in [6.07, 6.45) is 1.41. The van der Waals surface area contributed by atoms with Crippen LogP contribution >= 0.6 is 27.5 Å². The first kappa shape index (κ1) is 15.5. The van der Waals surface area contributed by atoms with Crippen LogP contribution in [0.5, 0.6) is 0 Å². The molecule has 0 radical (unpaired) electrons. The Bertz CT molecular complexity index is 511. The van der Waals surface area contributed by atoms with E-state index in [1.54, 1.807) is 0 Å². The number of alkyl halides is 1. The fraction of sp³-hybridized carbons (Fsp3) is 0.231. The van der Waals surface area contributed by atoms with E-state index in [4.69, 9.17) is 16.9 Å². The fourth-order valence-electron chi connectivity index (χ4n) is 1.31. The first-order valence-electron chi connectivity index (χ1n) is 5.60. The van der Waals surface area contributed by atoms with Gasteiger partial charge < -0.3 is 10.6 Å². The molecule has 0 heterocycles. The third kappa shape index (κ3) is 5.33. The zero-order valence-electron chi connectivity index (χ0n) is 10.1. The van der Waals surface area contributed by atoms with Gasteiger partial charge in [0.25, 0.3) is 5.91 Å². The van der Waals surface area contributed by atoms with Gasteiger partial charge in [0.2, 0.25) is 0 Å². The van der Waals surface area contributed by atoms with Crippen LogP contribution in [0.3, 0.4) is 0 Å². The number of hydrogen-bond acceptors (Lipinski definition) is 3. The molecule has 1 rings (SSSR count). The van der Waals surface area contributed by atoms with E-state index >= 15 is 0 Å². The molecule has 0 unspecified atom stereocenters. The van der Waals surface area contributed by atoms with E-state index in [1.807, 2.05) is 30.3 Å². The maximum absolute atomic E-state index is 11.5. The molecule has 19 heavy (non-hydrogen) atoms. The normalized spacial score (nSPS) is 10.7. The van der Waals surface area contributed by atoms with Gasteiger partial charge in [-0.1, -0.05) is 34.1 Å². The largest absolute Gasteiger partial charge is 0.386 e. The summed E-state index contributed by atoms with van der Waals surface area (Å²) in [6, 6.07) is 9.56. The lowest BCUT2D eigenvalue weighted by atomic mass is 10.2. The van der Waals surface area contributed by atoms with Crippen molar-refractivity contribution in [2.45, 2.75) is 6.54 Å². The topological polar surface area (TPSA) is 64.9 Å². The van der Waals surface area contributed by atoms with Crippen molar-refractivity contribution in [3.8, 4) is 6.07 Å². The molecule has 0 saturated carbocycles. The van der Waals surface area contributed by atoms with E-state index < -0.39 is 5.91 Å². The first-order valence-corrected chi connectivity index (χ1v) is 6.93. The summed E-state index contributed by atoms with van der Waals surface area (Å²) in [4.78, 5) is 11.5. The van der Waals surface area contributed by atoms with Gasteiger partial charge in [-0.2, -0.15) is 5.26 Å². The van der Waals surface area contributed by atoms with Crippen LogP contribution in [-0.4, -0.2) is 18.3 Å². The van der Waals surface area contributed by atoms with Crippen molar-refractivity contribution in [1.82, 2.24) is 10.6 Å². The quantitative estimate of drug-likeness (QED) is 0.474. The van der Waals surface area contributed by atoms with Crippen molar-refractivity contribution in [2.75, 3.05) is 12.4 Å². The van der Waals surface area contributed by atoms with Gasteiger partial charge in [-0.15, -0.1) is 11.6 Å². The summed E-state index contributed by atoms with van der Waals surface area (Å²) >= 11 is 8.88. The second-order valence-electron chi connectivity index (χ2n) is 3.59. The molecule has 0 atom stereocenters. The fourth-order valence-corrected chi connectivity index (χ4v) is 1.83. The SMILES string of the molecule is N#C/C(=C/NCc1ccccc1Br)C(=O)NCCCl. The van der Waals surface area contributed by atoms with Crippen LogP contribution in [0.15, 0.2) is 40.5 Å². The lowest BCUT2D eigenvalue weighted by Gasteiger charge is -2.05. The van der Waals surface area contributed by atoms with Gasteiger partial charge >= 0.3 is 0 Å². The summed E-state index contributed by atoms with van der Waals surface area (Å²) < 4.78 is 0.973. The Kier molecular flexibility index (Phi) is 7.01. The lowest BCUT2D eigenvalue weighted by molar-refractivity contribution is -0.117. The number of amides is 1. The lowest BCUT2D eigenvalue weighted by Crippen LogP contribution is -2.27. The summed E-state index contributed by atoms with van der Waals surface area (Å²) in [5.41, 5.74) is 1.06. The molecule has 2 N–H and O–H groups in total. The highest BCUT2D eigenvalue weighted by Gasteiger charge is 2.07. The number of benzene rings is 1. The van der Waals surface area contributed by atoms with Gasteiger partial charge in [-0.25, -0.2) is 0 Å². The third-order valence-corrected chi connectivity index (χ3v) is 3.20. The van der Waals surface area contributed by atoms with E-state index in [0.717, 1.165) is 10.0 Å². The van der Waals surface area contributed by atoms with E-state index in [1.165, 1.54) is 6.20 Å². The van der Waals surface area contributed by atoms with Gasteiger partial charge in [0.05, 0.1) is 0 Å². The Morgan fingerprint density at radius 3 is 2.84 bits per heavy atom. The van der Waals surface area contributed by atoms with Gasteiger partial charge in [-0.3, -0.25) is 4.79 Å². The number of carbonyl (C=O) groups excluding carboxylic acids is 1. The molecule has 0 bridgehead atoms. The second-order valence-corrected chi connectivity index (χ2v) is 4.82. The van der Waals surface area contributed by atoms with Crippen molar-refractivity contribution in [1.29, 1.82) is 5.26 Å². The van der Waals surface area contributed by atoms with Crippen LogP contribution < -0.4 is 10.6 Å². The summed E-state index contributed by atoms with van der Waals surface area (Å²) in [5.74, 6) is -0.114. The number of halogens is 2. The van der Waals surface area contributed by atoms with Crippen LogP contribution in [0.2, 0.25) is 0 Å². The number of nitrogens with zero attached hydrogens (tertiary/aromatic N) is 1. The van der Waals surface area contributed by atoms with E-state index in [-0.39, 0.29) is 5.57 Å². The zero-order valence-corrected chi connectivity index (χ0v) is 12.5. The predicted molar refractivity (Wildman–Crippen MR) is 78.4 cm³/mol. The Labute approximate surface area is 125 Å². The van der Waals surface area contributed by atoms with Crippen molar-refractivity contribution < 1.29 is 4.79 Å². The van der Waals surface area contributed by atoms with Crippen molar-refractivity contribution >= 4 is 33.4 Å². The predicted octanol–water partition coefficient (Wildman–Crippen LogP) is 2.30. The molecule has 0 aromatic heterocycles. The number of rotatable bonds is 6. The van der Waals surface area contributed by atoms with Crippen molar-refractivity contribution in [3.63, 3.8) is 0 Å². The van der Waals surface area contributed by atoms with Gasteiger partial charge in [0.1, 0.15) is 11.6 Å². The van der Waals surface area contributed by atoms with Gasteiger partial charge in [0.15, 0.2) is 0 Å². The Morgan fingerprint density at radius 2 is 2.21 bits per heavy atom. The zero-order chi connectivity index (χ0) is 14.1. The molecule has 1 amide bonds. The summed E-state index contributed by atoms with van der Waals surface area (Å²) in [5, 5.41) is 14.4. The van der Waals surface area contributed by atoms with E-state index in [0.29, 0.717) is 19.0 Å². The molecule has 0 aliphatic rings. The molecule has 0 aliphatic carbocycles. The highest BCUT2D eigenvalue weighted by molar-refractivity contribution is 9.10. The minimum absolute atomic E-state index is 0.0252. The molecule has 0 saturated heterocycles. The van der Waals surface area contributed by atoms with Gasteiger partial charge in [-0.05, 0) is 11.6 Å². The van der Waals surface area contributed by atoms with Gasteiger partial charge in [0, 0.05) is 29.6 Å². The highest BCUT2D eigenvalue weighted by atomic mass is 79.9. The van der Waals surface area contributed by atoms with Crippen LogP contribution in [0.4, 0.5) is 0 Å². The first-order chi connectivity index (χ1) is 9.19. The molecular weight excluding hydrogens is 330 g/mol. The molecular formula is C13H13BrClN3O. The van der Waals surface area contributed by atoms with Crippen LogP contribution in [0.25, 0.3) is 0 Å². The molecule has 6 heteroatoms. The minimum atomic E-state index is -0.428. The number of nitriles is 1. The Balaban J connectivity index is 2.57. The standard InChI is InChI=1S/C13H13BrClN3O/c14-12-4-2-1-3-10(12)8-17-9-11(7-16)13(19)18-6-5-15/h1-4,9,17H,5-6,8H2,(H,18,19)/b11-9-. The number of nitrogens with one attached hydrogen (secondary N) is 2. The highest BCUT2D eigenvalue weighted by Crippen LogP contribution is 2.15. The molecule has 1 aromatic carbocycles. The average Bonchev–Trinajstić information content (AvgIpc) is 2.43. The Hall–Kier alpha value is -1.51. The maximum Gasteiger partial charge on any atom is 0.263 e. The van der Waals surface area contributed by atoms with Crippen LogP contribution in [-0.2, 0) is 11.3 Å². The molecule has 100 valence electrons. The Morgan fingerprint density at radius 1 is 1.47 bits per heavy atom. The molecule has 0 aliphatic heterocycles. The van der Waals surface area contributed by atoms with Crippen LogP contribution in [0.1, 0.15) is 5.56 Å². The molecule has 0 fully saturated rings. The van der Waals surface area contributed by atoms with Crippen molar-refractivity contribution in [3.05, 3.63) is 46.1 Å².